The standard InChI is InChI=1S/C25H26N2O6/c1-25(2,3)33-24(31)26-14-13-19(20(26)23(30)32-15-16-9-5-4-6-10-16)27-21(28)17-11-7-8-12-18(17)22(27)29/h4-12,19-20H,13-15H2,1-3H3/t19-,20+/m1/s1. The summed E-state index contributed by atoms with van der Waals surface area (Å²) in [6.07, 6.45) is -0.446. The number of likely N-dealkylation sites (tertiary alicyclic amines) is 1. The molecule has 8 heteroatoms. The van der Waals surface area contributed by atoms with Gasteiger partial charge in [-0.05, 0) is 44.9 Å². The molecule has 172 valence electrons. The summed E-state index contributed by atoms with van der Waals surface area (Å²) in [6, 6.07) is 13.6. The third-order valence-electron chi connectivity index (χ3n) is 5.62. The van der Waals surface area contributed by atoms with E-state index in [1.54, 1.807) is 45.0 Å². The molecule has 0 saturated carbocycles. The van der Waals surface area contributed by atoms with Crippen LogP contribution in [0.25, 0.3) is 0 Å². The Bertz CT molecular complexity index is 1060. The summed E-state index contributed by atoms with van der Waals surface area (Å²) < 4.78 is 11.0. The minimum atomic E-state index is -1.16. The summed E-state index contributed by atoms with van der Waals surface area (Å²) in [7, 11) is 0. The SMILES string of the molecule is CC(C)(C)OC(=O)N1CC[C@@H](N2C(=O)c3ccccc3C2=O)[C@H]1C(=O)OCc1ccccc1. The minimum absolute atomic E-state index is 0.00711. The van der Waals surface area contributed by atoms with Gasteiger partial charge in [0.2, 0.25) is 0 Å². The number of fused-ring (bicyclic) bond motifs is 1. The normalized spacial score (nSPS) is 20.1. The quantitative estimate of drug-likeness (QED) is 0.524. The van der Waals surface area contributed by atoms with Crippen molar-refractivity contribution in [2.75, 3.05) is 6.54 Å². The van der Waals surface area contributed by atoms with Crippen molar-refractivity contribution in [3.05, 3.63) is 71.3 Å². The maximum Gasteiger partial charge on any atom is 0.411 e. The van der Waals surface area contributed by atoms with Crippen molar-refractivity contribution in [1.29, 1.82) is 0 Å². The summed E-state index contributed by atoms with van der Waals surface area (Å²) in [5, 5.41) is 0. The molecule has 2 aliphatic heterocycles. The monoisotopic (exact) mass is 450 g/mol. The number of ether oxygens (including phenoxy) is 2. The molecule has 8 nitrogen and oxygen atoms in total. The van der Waals surface area contributed by atoms with E-state index in [-0.39, 0.29) is 30.7 Å². The van der Waals surface area contributed by atoms with Gasteiger partial charge in [-0.1, -0.05) is 42.5 Å². The zero-order valence-electron chi connectivity index (χ0n) is 18.8. The first-order valence-corrected chi connectivity index (χ1v) is 10.8. The second-order valence-electron chi connectivity index (χ2n) is 9.09. The topological polar surface area (TPSA) is 93.2 Å². The Morgan fingerprint density at radius 1 is 0.939 bits per heavy atom. The number of carbonyl (C=O) groups excluding carboxylic acids is 4. The Kier molecular flexibility index (Phi) is 5.93. The van der Waals surface area contributed by atoms with Crippen LogP contribution >= 0.6 is 0 Å². The van der Waals surface area contributed by atoms with E-state index in [2.05, 4.69) is 0 Å². The molecule has 0 N–H and O–H groups in total. The van der Waals surface area contributed by atoms with Gasteiger partial charge in [0.25, 0.3) is 11.8 Å². The van der Waals surface area contributed by atoms with Gasteiger partial charge in [-0.25, -0.2) is 9.59 Å². The highest BCUT2D eigenvalue weighted by atomic mass is 16.6. The van der Waals surface area contributed by atoms with Crippen molar-refractivity contribution in [3.63, 3.8) is 0 Å². The largest absolute Gasteiger partial charge is 0.459 e. The van der Waals surface area contributed by atoms with E-state index in [9.17, 15) is 19.2 Å². The van der Waals surface area contributed by atoms with E-state index in [0.29, 0.717) is 0 Å². The number of esters is 1. The highest BCUT2D eigenvalue weighted by molar-refractivity contribution is 6.21. The summed E-state index contributed by atoms with van der Waals surface area (Å²) in [4.78, 5) is 54.6. The molecular formula is C25H26N2O6. The number of hydrogen-bond donors (Lipinski definition) is 0. The summed E-state index contributed by atoms with van der Waals surface area (Å²) in [5.74, 6) is -1.65. The zero-order chi connectivity index (χ0) is 23.8. The highest BCUT2D eigenvalue weighted by Crippen LogP contribution is 2.33. The lowest BCUT2D eigenvalue weighted by molar-refractivity contribution is -0.151. The molecule has 2 aromatic rings. The minimum Gasteiger partial charge on any atom is -0.459 e. The summed E-state index contributed by atoms with van der Waals surface area (Å²) in [5.41, 5.74) is 0.581. The van der Waals surface area contributed by atoms with Gasteiger partial charge < -0.3 is 9.47 Å². The molecule has 0 aromatic heterocycles. The van der Waals surface area contributed by atoms with Gasteiger partial charge >= 0.3 is 12.1 Å². The van der Waals surface area contributed by atoms with Crippen molar-refractivity contribution in [2.24, 2.45) is 0 Å². The number of imide groups is 1. The molecule has 3 amide bonds. The van der Waals surface area contributed by atoms with Crippen LogP contribution in [-0.2, 0) is 20.9 Å². The molecule has 2 heterocycles. The van der Waals surface area contributed by atoms with Gasteiger partial charge in [-0.3, -0.25) is 19.4 Å². The second-order valence-corrected chi connectivity index (χ2v) is 9.09. The van der Waals surface area contributed by atoms with Crippen molar-refractivity contribution in [1.82, 2.24) is 9.80 Å². The maximum absolute atomic E-state index is 13.2. The Balaban J connectivity index is 1.61. The second kappa shape index (κ2) is 8.69. The molecule has 0 bridgehead atoms. The predicted octanol–water partition coefficient (Wildman–Crippen LogP) is 3.40. The van der Waals surface area contributed by atoms with E-state index < -0.39 is 41.6 Å². The molecule has 0 aliphatic carbocycles. The van der Waals surface area contributed by atoms with Crippen LogP contribution in [0.15, 0.2) is 54.6 Å². The fraction of sp³-hybridized carbons (Fsp3) is 0.360. The predicted molar refractivity (Wildman–Crippen MR) is 118 cm³/mol. The molecule has 2 aliphatic rings. The van der Waals surface area contributed by atoms with E-state index >= 15 is 0 Å². The van der Waals surface area contributed by atoms with Gasteiger partial charge in [0.05, 0.1) is 17.2 Å². The van der Waals surface area contributed by atoms with Crippen molar-refractivity contribution in [3.8, 4) is 0 Å². The van der Waals surface area contributed by atoms with Gasteiger partial charge in [0, 0.05) is 6.54 Å². The fourth-order valence-corrected chi connectivity index (χ4v) is 4.18. The lowest BCUT2D eigenvalue weighted by Crippen LogP contribution is -2.54. The molecule has 0 radical (unpaired) electrons. The van der Waals surface area contributed by atoms with Crippen LogP contribution in [0.1, 0.15) is 53.5 Å². The average Bonchev–Trinajstić information content (AvgIpc) is 3.31. The Morgan fingerprint density at radius 2 is 1.52 bits per heavy atom. The van der Waals surface area contributed by atoms with Crippen molar-refractivity contribution < 1.29 is 28.7 Å². The lowest BCUT2D eigenvalue weighted by atomic mass is 10.1. The molecular weight excluding hydrogens is 424 g/mol. The number of carbonyl (C=O) groups is 4. The van der Waals surface area contributed by atoms with Gasteiger partial charge in [0.15, 0.2) is 6.04 Å². The molecule has 0 unspecified atom stereocenters. The van der Waals surface area contributed by atoms with E-state index in [4.69, 9.17) is 9.47 Å². The molecule has 2 aromatic carbocycles. The zero-order valence-corrected chi connectivity index (χ0v) is 18.8. The van der Waals surface area contributed by atoms with Crippen LogP contribution in [0.5, 0.6) is 0 Å². The van der Waals surface area contributed by atoms with Crippen molar-refractivity contribution in [2.45, 2.75) is 51.5 Å². The van der Waals surface area contributed by atoms with Gasteiger partial charge in [-0.2, -0.15) is 0 Å². The highest BCUT2D eigenvalue weighted by Gasteiger charge is 2.52. The first-order valence-electron chi connectivity index (χ1n) is 10.8. The third kappa shape index (κ3) is 4.46. The molecule has 1 saturated heterocycles. The number of amides is 3. The Hall–Kier alpha value is -3.68. The van der Waals surface area contributed by atoms with E-state index in [0.717, 1.165) is 10.5 Å². The van der Waals surface area contributed by atoms with E-state index in [1.807, 2.05) is 30.3 Å². The smallest absolute Gasteiger partial charge is 0.411 e. The van der Waals surface area contributed by atoms with Crippen molar-refractivity contribution >= 4 is 23.9 Å². The maximum atomic E-state index is 13.2. The lowest BCUT2D eigenvalue weighted by Gasteiger charge is -2.31. The molecule has 1 fully saturated rings. The fourth-order valence-electron chi connectivity index (χ4n) is 4.18. The molecule has 4 rings (SSSR count). The molecule has 2 atom stereocenters. The van der Waals surface area contributed by atoms with E-state index in [1.165, 1.54) is 4.90 Å². The average molecular weight is 450 g/mol. The Labute approximate surface area is 192 Å². The number of hydrogen-bond acceptors (Lipinski definition) is 6. The Morgan fingerprint density at radius 3 is 2.09 bits per heavy atom. The molecule has 33 heavy (non-hydrogen) atoms. The first-order chi connectivity index (χ1) is 15.7. The third-order valence-corrected chi connectivity index (χ3v) is 5.62. The number of benzene rings is 2. The van der Waals surface area contributed by atoms with Crippen LogP contribution in [0.3, 0.4) is 0 Å². The van der Waals surface area contributed by atoms with Gasteiger partial charge in [0.1, 0.15) is 12.2 Å². The molecule has 0 spiro atoms. The number of rotatable bonds is 4. The number of nitrogens with zero attached hydrogens (tertiary/aromatic N) is 2. The van der Waals surface area contributed by atoms with Gasteiger partial charge in [-0.15, -0.1) is 0 Å². The first kappa shape index (κ1) is 22.5. The van der Waals surface area contributed by atoms with Crippen LogP contribution in [0, 0.1) is 0 Å². The van der Waals surface area contributed by atoms with Crippen LogP contribution in [0.2, 0.25) is 0 Å². The van der Waals surface area contributed by atoms with Crippen LogP contribution < -0.4 is 0 Å². The van der Waals surface area contributed by atoms with Crippen LogP contribution in [-0.4, -0.2) is 57.9 Å². The summed E-state index contributed by atoms with van der Waals surface area (Å²) in [6.45, 7) is 5.34. The summed E-state index contributed by atoms with van der Waals surface area (Å²) >= 11 is 0. The van der Waals surface area contributed by atoms with Crippen LogP contribution in [0.4, 0.5) is 4.79 Å².